The van der Waals surface area contributed by atoms with Crippen LogP contribution < -0.4 is 0 Å². The topological polar surface area (TPSA) is 0 Å². The first-order chi connectivity index (χ1) is 5.57. The van der Waals surface area contributed by atoms with Crippen LogP contribution in [-0.4, -0.2) is 0 Å². The highest BCUT2D eigenvalue weighted by Gasteiger charge is 2.51. The fraction of sp³-hybridized carbons (Fsp3) is 1.00. The van der Waals surface area contributed by atoms with E-state index in [0.29, 0.717) is 16.2 Å². The molecule has 0 amide bonds. The molecule has 0 radical (unpaired) electrons. The largest absolute Gasteiger partial charge is 0.0599 e. The van der Waals surface area contributed by atoms with E-state index in [0.717, 1.165) is 5.92 Å². The highest BCUT2D eigenvalue weighted by atomic mass is 14.6. The molecule has 0 aliphatic heterocycles. The van der Waals surface area contributed by atoms with Crippen molar-refractivity contribution in [2.45, 2.75) is 61.3 Å². The molecule has 1 aliphatic rings. The Kier molecular flexibility index (Phi) is 2.34. The molecule has 0 atom stereocenters. The fourth-order valence-electron chi connectivity index (χ4n) is 4.34. The smallest absolute Gasteiger partial charge is 0.0262 e. The van der Waals surface area contributed by atoms with Crippen molar-refractivity contribution >= 4 is 0 Å². The third-order valence-electron chi connectivity index (χ3n) is 3.84. The van der Waals surface area contributed by atoms with Crippen LogP contribution >= 0.6 is 0 Å². The molecule has 0 nitrogen and oxygen atoms in total. The molecule has 0 unspecified atom stereocenters. The molecule has 78 valence electrons. The standard InChI is InChI=1S/C13H26/c1-11(2,3)10-12(4,5)8-9-13(10,6)7/h10H,8-9H2,1-7H3. The van der Waals surface area contributed by atoms with Crippen LogP contribution in [0.25, 0.3) is 0 Å². The summed E-state index contributed by atoms with van der Waals surface area (Å²) >= 11 is 0. The van der Waals surface area contributed by atoms with E-state index < -0.39 is 0 Å². The third kappa shape index (κ3) is 1.92. The Hall–Kier alpha value is 0. The molecule has 13 heavy (non-hydrogen) atoms. The molecule has 1 aliphatic carbocycles. The second-order valence-corrected chi connectivity index (χ2v) is 7.28. The van der Waals surface area contributed by atoms with E-state index in [1.165, 1.54) is 12.8 Å². The Morgan fingerprint density at radius 1 is 0.846 bits per heavy atom. The average molecular weight is 182 g/mol. The predicted octanol–water partition coefficient (Wildman–Crippen LogP) is 4.49. The van der Waals surface area contributed by atoms with E-state index >= 15 is 0 Å². The summed E-state index contributed by atoms with van der Waals surface area (Å²) < 4.78 is 0. The van der Waals surface area contributed by atoms with Gasteiger partial charge < -0.3 is 0 Å². The molecule has 0 spiro atoms. The van der Waals surface area contributed by atoms with Crippen molar-refractivity contribution in [2.24, 2.45) is 22.2 Å². The Morgan fingerprint density at radius 2 is 1.15 bits per heavy atom. The van der Waals surface area contributed by atoms with E-state index in [-0.39, 0.29) is 0 Å². The number of hydrogen-bond donors (Lipinski definition) is 0. The molecule has 1 fully saturated rings. The van der Waals surface area contributed by atoms with Crippen LogP contribution in [0.3, 0.4) is 0 Å². The Bertz CT molecular complexity index is 175. The van der Waals surface area contributed by atoms with Crippen molar-refractivity contribution in [1.29, 1.82) is 0 Å². The number of rotatable bonds is 0. The molecular formula is C13H26. The van der Waals surface area contributed by atoms with Crippen molar-refractivity contribution in [2.75, 3.05) is 0 Å². The highest BCUT2D eigenvalue weighted by Crippen LogP contribution is 2.60. The van der Waals surface area contributed by atoms with Gasteiger partial charge in [0.2, 0.25) is 0 Å². The van der Waals surface area contributed by atoms with Crippen LogP contribution in [0.15, 0.2) is 0 Å². The van der Waals surface area contributed by atoms with Crippen LogP contribution in [0, 0.1) is 22.2 Å². The minimum absolute atomic E-state index is 0.448. The first kappa shape index (κ1) is 11.1. The van der Waals surface area contributed by atoms with E-state index in [9.17, 15) is 0 Å². The maximum absolute atomic E-state index is 2.44. The van der Waals surface area contributed by atoms with Gasteiger partial charge in [0.05, 0.1) is 0 Å². The van der Waals surface area contributed by atoms with Gasteiger partial charge in [0, 0.05) is 0 Å². The van der Waals surface area contributed by atoms with Crippen LogP contribution in [0.4, 0.5) is 0 Å². The maximum Gasteiger partial charge on any atom is -0.0262 e. The van der Waals surface area contributed by atoms with Crippen molar-refractivity contribution in [3.63, 3.8) is 0 Å². The van der Waals surface area contributed by atoms with Gasteiger partial charge in [-0.3, -0.25) is 0 Å². The van der Waals surface area contributed by atoms with Gasteiger partial charge >= 0.3 is 0 Å². The summed E-state index contributed by atoms with van der Waals surface area (Å²) in [6.45, 7) is 17.0. The number of hydrogen-bond acceptors (Lipinski definition) is 0. The minimum atomic E-state index is 0.448. The van der Waals surface area contributed by atoms with Gasteiger partial charge in [0.25, 0.3) is 0 Å². The Morgan fingerprint density at radius 3 is 1.31 bits per heavy atom. The van der Waals surface area contributed by atoms with E-state index in [4.69, 9.17) is 0 Å². The summed E-state index contributed by atoms with van der Waals surface area (Å²) in [5.74, 6) is 0.840. The van der Waals surface area contributed by atoms with Crippen molar-refractivity contribution in [1.82, 2.24) is 0 Å². The molecule has 0 heteroatoms. The van der Waals surface area contributed by atoms with Gasteiger partial charge in [-0.05, 0) is 35.0 Å². The average Bonchev–Trinajstić information content (AvgIpc) is 1.98. The van der Waals surface area contributed by atoms with Gasteiger partial charge in [0.1, 0.15) is 0 Å². The molecular weight excluding hydrogens is 156 g/mol. The maximum atomic E-state index is 2.44. The van der Waals surface area contributed by atoms with E-state index in [2.05, 4.69) is 48.5 Å². The molecule has 1 rings (SSSR count). The summed E-state index contributed by atoms with van der Waals surface area (Å²) in [7, 11) is 0. The van der Waals surface area contributed by atoms with E-state index in [1.807, 2.05) is 0 Å². The van der Waals surface area contributed by atoms with Gasteiger partial charge in [-0.2, -0.15) is 0 Å². The summed E-state index contributed by atoms with van der Waals surface area (Å²) in [4.78, 5) is 0. The molecule has 0 aromatic carbocycles. The molecule has 0 N–H and O–H groups in total. The minimum Gasteiger partial charge on any atom is -0.0599 e. The summed E-state index contributed by atoms with van der Waals surface area (Å²) in [6.07, 6.45) is 2.78. The van der Waals surface area contributed by atoms with Crippen molar-refractivity contribution in [3.05, 3.63) is 0 Å². The van der Waals surface area contributed by atoms with E-state index in [1.54, 1.807) is 0 Å². The van der Waals surface area contributed by atoms with Crippen LogP contribution in [0.2, 0.25) is 0 Å². The summed E-state index contributed by atoms with van der Waals surface area (Å²) in [5.41, 5.74) is 1.51. The highest BCUT2D eigenvalue weighted by molar-refractivity contribution is 5.00. The first-order valence-electron chi connectivity index (χ1n) is 5.57. The SMILES string of the molecule is CC(C)(C)C1C(C)(C)CCC1(C)C. The summed E-state index contributed by atoms with van der Waals surface area (Å²) in [5, 5.41) is 0. The zero-order chi connectivity index (χ0) is 10.5. The molecule has 0 aromatic rings. The lowest BCUT2D eigenvalue weighted by Gasteiger charge is -2.45. The van der Waals surface area contributed by atoms with Gasteiger partial charge in [0.15, 0.2) is 0 Å². The van der Waals surface area contributed by atoms with Crippen molar-refractivity contribution in [3.8, 4) is 0 Å². The fourth-order valence-corrected chi connectivity index (χ4v) is 4.34. The Labute approximate surface area is 84.1 Å². The van der Waals surface area contributed by atoms with Crippen LogP contribution in [0.1, 0.15) is 61.3 Å². The molecule has 0 heterocycles. The van der Waals surface area contributed by atoms with Crippen LogP contribution in [-0.2, 0) is 0 Å². The lowest BCUT2D eigenvalue weighted by atomic mass is 9.60. The third-order valence-corrected chi connectivity index (χ3v) is 3.84. The molecule has 1 saturated carbocycles. The predicted molar refractivity (Wildman–Crippen MR) is 59.7 cm³/mol. The lowest BCUT2D eigenvalue weighted by Crippen LogP contribution is -2.38. The van der Waals surface area contributed by atoms with Gasteiger partial charge in [-0.25, -0.2) is 0 Å². The zero-order valence-electron chi connectivity index (χ0n) is 10.5. The molecule has 0 aromatic heterocycles. The quantitative estimate of drug-likeness (QED) is 0.517. The lowest BCUT2D eigenvalue weighted by molar-refractivity contribution is 0.0403. The van der Waals surface area contributed by atoms with Gasteiger partial charge in [-0.15, -0.1) is 0 Å². The monoisotopic (exact) mass is 182 g/mol. The van der Waals surface area contributed by atoms with Crippen molar-refractivity contribution < 1.29 is 0 Å². The zero-order valence-corrected chi connectivity index (χ0v) is 10.5. The normalized spacial score (nSPS) is 27.9. The second-order valence-electron chi connectivity index (χ2n) is 7.28. The first-order valence-corrected chi connectivity index (χ1v) is 5.57. The molecule has 0 saturated heterocycles. The summed E-state index contributed by atoms with van der Waals surface area (Å²) in [6, 6.07) is 0. The van der Waals surface area contributed by atoms with Crippen LogP contribution in [0.5, 0.6) is 0 Å². The second kappa shape index (κ2) is 2.74. The Balaban J connectivity index is 3.02. The molecule has 0 bridgehead atoms. The van der Waals surface area contributed by atoms with Gasteiger partial charge in [-0.1, -0.05) is 48.5 Å².